The first-order valence-electron chi connectivity index (χ1n) is 6.85. The summed E-state index contributed by atoms with van der Waals surface area (Å²) in [5.74, 6) is 0. The molecule has 0 fully saturated rings. The molecule has 0 aromatic rings. The summed E-state index contributed by atoms with van der Waals surface area (Å²) in [7, 11) is 0. The van der Waals surface area contributed by atoms with Crippen LogP contribution in [0.3, 0.4) is 0 Å². The molecule has 0 rings (SSSR count). The van der Waals surface area contributed by atoms with Crippen molar-refractivity contribution in [1.82, 2.24) is 0 Å². The number of aliphatic hydroxyl groups excluding tert-OH is 1. The van der Waals surface area contributed by atoms with Gasteiger partial charge in [-0.25, -0.2) is 0 Å². The minimum Gasteiger partial charge on any atom is -0.396 e. The lowest BCUT2D eigenvalue weighted by Crippen LogP contribution is -1.75. The molecule has 0 atom stereocenters. The highest BCUT2D eigenvalue weighted by Crippen LogP contribution is 1.95. The highest BCUT2D eigenvalue weighted by atomic mass is 16.2. The molecular weight excluding hydrogens is 280 g/mol. The second-order valence-corrected chi connectivity index (χ2v) is 3.78. The third-order valence-corrected chi connectivity index (χ3v) is 1.97. The summed E-state index contributed by atoms with van der Waals surface area (Å²) in [4.78, 5) is 0. The Bertz CT molecular complexity index is 55.0. The van der Waals surface area contributed by atoms with Crippen molar-refractivity contribution in [2.45, 2.75) is 145 Å². The summed E-state index contributed by atoms with van der Waals surface area (Å²) in [6.07, 6.45) is 10.2. The van der Waals surface area contributed by atoms with Crippen LogP contribution in [-0.4, -0.2) is 11.7 Å². The molecule has 0 heterocycles. The van der Waals surface area contributed by atoms with Crippen molar-refractivity contribution >= 4 is 0 Å². The SMILES string of the molecule is C.C.C.C.C.C.C.C.CCCC.CCCCCC.CCCCO. The Morgan fingerprint density at radius 2 is 0.609 bits per heavy atom. The van der Waals surface area contributed by atoms with Crippen molar-refractivity contribution in [3.05, 3.63) is 0 Å². The van der Waals surface area contributed by atoms with Gasteiger partial charge in [0.2, 0.25) is 0 Å². The summed E-state index contributed by atoms with van der Waals surface area (Å²) in [5.41, 5.74) is 0. The van der Waals surface area contributed by atoms with Gasteiger partial charge in [0.25, 0.3) is 0 Å². The van der Waals surface area contributed by atoms with Gasteiger partial charge in [0, 0.05) is 6.61 Å². The monoisotopic (exact) mass is 347 g/mol. The van der Waals surface area contributed by atoms with Gasteiger partial charge in [-0.2, -0.15) is 0 Å². The summed E-state index contributed by atoms with van der Waals surface area (Å²) >= 11 is 0. The fraction of sp³-hybridized carbons (Fsp3) is 1.00. The van der Waals surface area contributed by atoms with Gasteiger partial charge in [-0.05, 0) is 6.42 Å². The van der Waals surface area contributed by atoms with E-state index in [1.165, 1.54) is 38.5 Å². The van der Waals surface area contributed by atoms with E-state index in [2.05, 4.69) is 34.6 Å². The zero-order valence-electron chi connectivity index (χ0n) is 11.8. The second kappa shape index (κ2) is 120. The van der Waals surface area contributed by atoms with E-state index >= 15 is 0 Å². The highest BCUT2D eigenvalue weighted by Gasteiger charge is 1.75. The Morgan fingerprint density at radius 3 is 0.652 bits per heavy atom. The molecule has 1 nitrogen and oxygen atoms in total. The normalized spacial score (nSPS) is 5.48. The zero-order valence-corrected chi connectivity index (χ0v) is 11.8. The molecule has 0 aromatic heterocycles. The Balaban J connectivity index is -0.00000000899. The van der Waals surface area contributed by atoms with Gasteiger partial charge in [0.15, 0.2) is 0 Å². The lowest BCUT2D eigenvalue weighted by Gasteiger charge is -1.86. The molecule has 0 aliphatic heterocycles. The maximum Gasteiger partial charge on any atom is 0.0430 e. The maximum atomic E-state index is 8.07. The quantitative estimate of drug-likeness (QED) is 0.474. The molecule has 23 heavy (non-hydrogen) atoms. The molecule has 0 aliphatic carbocycles. The van der Waals surface area contributed by atoms with E-state index in [1.54, 1.807) is 0 Å². The van der Waals surface area contributed by atoms with Crippen LogP contribution in [0.2, 0.25) is 0 Å². The minimum atomic E-state index is 0. The third kappa shape index (κ3) is 246. The van der Waals surface area contributed by atoms with Crippen LogP contribution in [0.15, 0.2) is 0 Å². The zero-order chi connectivity index (χ0) is 12.4. The number of rotatable bonds is 6. The average Bonchev–Trinajstić information content (AvgIpc) is 2.28. The topological polar surface area (TPSA) is 20.2 Å². The van der Waals surface area contributed by atoms with E-state index in [9.17, 15) is 0 Å². The van der Waals surface area contributed by atoms with Crippen LogP contribution in [-0.2, 0) is 0 Å². The number of hydrogen-bond acceptors (Lipinski definition) is 1. The van der Waals surface area contributed by atoms with Crippen LogP contribution in [0.1, 0.15) is 145 Å². The average molecular weight is 347 g/mol. The fourth-order valence-electron chi connectivity index (χ4n) is 0.658. The molecule has 0 amide bonds. The molecule has 0 unspecified atom stereocenters. The molecule has 0 saturated carbocycles. The lowest BCUT2D eigenvalue weighted by atomic mass is 10.2. The highest BCUT2D eigenvalue weighted by molar-refractivity contribution is 4.31. The number of aliphatic hydroxyl groups is 1. The molecule has 1 N–H and O–H groups in total. The van der Waals surface area contributed by atoms with Gasteiger partial charge in [-0.15, -0.1) is 0 Å². The smallest absolute Gasteiger partial charge is 0.0430 e. The fourth-order valence-corrected chi connectivity index (χ4v) is 0.658. The van der Waals surface area contributed by atoms with Crippen molar-refractivity contribution < 1.29 is 5.11 Å². The predicted molar refractivity (Wildman–Crippen MR) is 126 cm³/mol. The first-order chi connectivity index (χ1) is 7.24. The maximum absolute atomic E-state index is 8.07. The summed E-state index contributed by atoms with van der Waals surface area (Å²) < 4.78 is 0. The van der Waals surface area contributed by atoms with E-state index < -0.39 is 0 Å². The van der Waals surface area contributed by atoms with Crippen LogP contribution in [0.25, 0.3) is 0 Å². The van der Waals surface area contributed by atoms with Gasteiger partial charge in [-0.1, -0.05) is 139 Å². The molecule has 0 saturated heterocycles. The van der Waals surface area contributed by atoms with E-state index in [4.69, 9.17) is 5.11 Å². The van der Waals surface area contributed by atoms with E-state index in [0.29, 0.717) is 6.61 Å². The van der Waals surface area contributed by atoms with E-state index in [0.717, 1.165) is 12.8 Å². The Morgan fingerprint density at radius 1 is 0.391 bits per heavy atom. The third-order valence-electron chi connectivity index (χ3n) is 1.97. The number of hydrogen-bond donors (Lipinski definition) is 1. The molecule has 0 aromatic carbocycles. The molecule has 0 spiro atoms. The standard InChI is InChI=1S/C6H14.C4H10O.C4H10.8CH4/c1-3-5-6-4-2;1-2-3-4-5;1-3-4-2;;;;;;;;/h3-6H2,1-2H3;5H,2-4H2,1H3;3-4H2,1-2H3;8*1H4. The van der Waals surface area contributed by atoms with Crippen molar-refractivity contribution in [3.63, 3.8) is 0 Å². The molecule has 0 bridgehead atoms. The van der Waals surface area contributed by atoms with Crippen molar-refractivity contribution in [2.75, 3.05) is 6.61 Å². The van der Waals surface area contributed by atoms with Crippen molar-refractivity contribution in [2.24, 2.45) is 0 Å². The summed E-state index contributed by atoms with van der Waals surface area (Å²) in [5, 5.41) is 8.07. The van der Waals surface area contributed by atoms with Crippen molar-refractivity contribution in [3.8, 4) is 0 Å². The van der Waals surface area contributed by atoms with Crippen LogP contribution >= 0.6 is 0 Å². The van der Waals surface area contributed by atoms with Crippen LogP contribution in [0.5, 0.6) is 0 Å². The van der Waals surface area contributed by atoms with Crippen molar-refractivity contribution in [1.29, 1.82) is 0 Å². The molecule has 1 heteroatoms. The molecule has 160 valence electrons. The summed E-state index contributed by atoms with van der Waals surface area (Å²) in [6, 6.07) is 0. The Hall–Kier alpha value is -0.0400. The first kappa shape index (κ1) is 77.4. The lowest BCUT2D eigenvalue weighted by molar-refractivity contribution is 0.287. The molecule has 0 radical (unpaired) electrons. The van der Waals surface area contributed by atoms with Gasteiger partial charge in [-0.3, -0.25) is 0 Å². The summed E-state index contributed by atoms with van der Waals surface area (Å²) in [6.45, 7) is 11.2. The van der Waals surface area contributed by atoms with E-state index in [-0.39, 0.29) is 59.4 Å². The Kier molecular flexibility index (Phi) is 404. The van der Waals surface area contributed by atoms with Gasteiger partial charge < -0.3 is 5.11 Å². The Labute approximate surface area is 157 Å². The van der Waals surface area contributed by atoms with Crippen LogP contribution < -0.4 is 0 Å². The molecule has 0 aliphatic rings. The minimum absolute atomic E-state index is 0. The van der Waals surface area contributed by atoms with Crippen LogP contribution in [0, 0.1) is 0 Å². The number of unbranched alkanes of at least 4 members (excludes halogenated alkanes) is 5. The predicted octanol–water partition coefficient (Wildman–Crippen LogP) is 10.3. The largest absolute Gasteiger partial charge is 0.396 e. The first-order valence-corrected chi connectivity index (χ1v) is 6.85. The van der Waals surface area contributed by atoms with Gasteiger partial charge in [0.05, 0.1) is 0 Å². The van der Waals surface area contributed by atoms with E-state index in [1.807, 2.05) is 0 Å². The molecular formula is C22H66O. The van der Waals surface area contributed by atoms with Gasteiger partial charge >= 0.3 is 0 Å². The second-order valence-electron chi connectivity index (χ2n) is 3.78. The van der Waals surface area contributed by atoms with Gasteiger partial charge in [0.1, 0.15) is 0 Å². The van der Waals surface area contributed by atoms with Crippen LogP contribution in [0.4, 0.5) is 0 Å².